The summed E-state index contributed by atoms with van der Waals surface area (Å²) in [6.07, 6.45) is 4.78. The third kappa shape index (κ3) is 3.10. The zero-order valence-electron chi connectivity index (χ0n) is 10.5. The Labute approximate surface area is 103 Å². The Morgan fingerprint density at radius 2 is 2.06 bits per heavy atom. The monoisotopic (exact) mass is 232 g/mol. The predicted octanol–water partition coefficient (Wildman–Crippen LogP) is 3.40. The zero-order valence-corrected chi connectivity index (χ0v) is 10.5. The third-order valence-electron chi connectivity index (χ3n) is 2.94. The molecule has 1 atom stereocenters. The largest absolute Gasteiger partial charge is 0.490 e. The van der Waals surface area contributed by atoms with Crippen LogP contribution in [0.5, 0.6) is 5.75 Å². The summed E-state index contributed by atoms with van der Waals surface area (Å²) in [4.78, 5) is 0. The molecule has 1 N–H and O–H groups in total. The van der Waals surface area contributed by atoms with Crippen molar-refractivity contribution in [1.29, 1.82) is 0 Å². The Morgan fingerprint density at radius 1 is 1.29 bits per heavy atom. The van der Waals surface area contributed by atoms with Gasteiger partial charge in [-0.15, -0.1) is 0 Å². The highest BCUT2D eigenvalue weighted by Gasteiger charge is 2.15. The van der Waals surface area contributed by atoms with E-state index in [2.05, 4.69) is 6.07 Å². The van der Waals surface area contributed by atoms with Gasteiger partial charge in [0.1, 0.15) is 5.75 Å². The maximum atomic E-state index is 9.70. The van der Waals surface area contributed by atoms with E-state index in [1.54, 1.807) is 0 Å². The van der Waals surface area contributed by atoms with Crippen LogP contribution in [0.15, 0.2) is 30.3 Å². The summed E-state index contributed by atoms with van der Waals surface area (Å²) < 4.78 is 5.81. The second kappa shape index (κ2) is 5.37. The van der Waals surface area contributed by atoms with Gasteiger partial charge in [-0.05, 0) is 44.7 Å². The SMILES string of the molecule is CC(C)Oc1ccccc1C1=CC(O)CCC1. The first-order chi connectivity index (χ1) is 8.16. The normalized spacial score (nSPS) is 20.2. The fraction of sp³-hybridized carbons (Fsp3) is 0.467. The summed E-state index contributed by atoms with van der Waals surface area (Å²) in [5.41, 5.74) is 2.33. The number of ether oxygens (including phenoxy) is 1. The fourth-order valence-corrected chi connectivity index (χ4v) is 2.21. The standard InChI is InChI=1S/C15H20O2/c1-11(2)17-15-9-4-3-8-14(15)12-6-5-7-13(16)10-12/h3-4,8-11,13,16H,5-7H2,1-2H3. The molecule has 0 amide bonds. The van der Waals surface area contributed by atoms with E-state index in [-0.39, 0.29) is 12.2 Å². The van der Waals surface area contributed by atoms with E-state index in [0.717, 1.165) is 30.6 Å². The average molecular weight is 232 g/mol. The molecule has 0 heterocycles. The van der Waals surface area contributed by atoms with Crippen LogP contribution >= 0.6 is 0 Å². The molecule has 1 aliphatic rings. The van der Waals surface area contributed by atoms with E-state index in [0.29, 0.717) is 0 Å². The Bertz CT molecular complexity index is 407. The Morgan fingerprint density at radius 3 is 2.76 bits per heavy atom. The molecule has 1 unspecified atom stereocenters. The minimum atomic E-state index is -0.300. The number of allylic oxidation sites excluding steroid dienone is 1. The van der Waals surface area contributed by atoms with Crippen molar-refractivity contribution in [2.75, 3.05) is 0 Å². The summed E-state index contributed by atoms with van der Waals surface area (Å²) >= 11 is 0. The maximum Gasteiger partial charge on any atom is 0.127 e. The minimum Gasteiger partial charge on any atom is -0.490 e. The molecule has 1 aliphatic carbocycles. The third-order valence-corrected chi connectivity index (χ3v) is 2.94. The molecule has 17 heavy (non-hydrogen) atoms. The quantitative estimate of drug-likeness (QED) is 0.865. The number of benzene rings is 1. The molecule has 0 fully saturated rings. The van der Waals surface area contributed by atoms with Gasteiger partial charge in [-0.25, -0.2) is 0 Å². The van der Waals surface area contributed by atoms with Gasteiger partial charge < -0.3 is 9.84 Å². The van der Waals surface area contributed by atoms with Gasteiger partial charge in [0.2, 0.25) is 0 Å². The van der Waals surface area contributed by atoms with Gasteiger partial charge in [-0.2, -0.15) is 0 Å². The highest BCUT2D eigenvalue weighted by Crippen LogP contribution is 2.33. The molecule has 0 radical (unpaired) electrons. The van der Waals surface area contributed by atoms with Crippen molar-refractivity contribution in [3.8, 4) is 5.75 Å². The lowest BCUT2D eigenvalue weighted by molar-refractivity contribution is 0.206. The highest BCUT2D eigenvalue weighted by atomic mass is 16.5. The molecule has 0 aliphatic heterocycles. The number of aliphatic hydroxyl groups excluding tert-OH is 1. The van der Waals surface area contributed by atoms with Crippen LogP contribution in [0.2, 0.25) is 0 Å². The van der Waals surface area contributed by atoms with E-state index in [9.17, 15) is 5.11 Å². The van der Waals surface area contributed by atoms with Gasteiger partial charge in [0.05, 0.1) is 12.2 Å². The van der Waals surface area contributed by atoms with Crippen molar-refractivity contribution in [3.63, 3.8) is 0 Å². The van der Waals surface area contributed by atoms with Crippen LogP contribution in [0, 0.1) is 0 Å². The van der Waals surface area contributed by atoms with Crippen molar-refractivity contribution in [2.24, 2.45) is 0 Å². The van der Waals surface area contributed by atoms with Crippen LogP contribution in [-0.2, 0) is 0 Å². The molecule has 0 saturated heterocycles. The van der Waals surface area contributed by atoms with E-state index in [1.165, 1.54) is 5.57 Å². The van der Waals surface area contributed by atoms with Crippen molar-refractivity contribution in [2.45, 2.75) is 45.3 Å². The van der Waals surface area contributed by atoms with Gasteiger partial charge in [0.15, 0.2) is 0 Å². The molecule has 0 bridgehead atoms. The molecular weight excluding hydrogens is 212 g/mol. The lowest BCUT2D eigenvalue weighted by Gasteiger charge is -2.20. The first-order valence-electron chi connectivity index (χ1n) is 6.31. The summed E-state index contributed by atoms with van der Waals surface area (Å²) in [5, 5.41) is 9.70. The molecule has 1 aromatic rings. The molecule has 0 spiro atoms. The van der Waals surface area contributed by atoms with Crippen molar-refractivity contribution in [3.05, 3.63) is 35.9 Å². The lowest BCUT2D eigenvalue weighted by atomic mass is 9.92. The molecule has 0 aromatic heterocycles. The van der Waals surface area contributed by atoms with Crippen molar-refractivity contribution < 1.29 is 9.84 Å². The van der Waals surface area contributed by atoms with Crippen LogP contribution in [0.4, 0.5) is 0 Å². The minimum absolute atomic E-state index is 0.172. The zero-order chi connectivity index (χ0) is 12.3. The van der Waals surface area contributed by atoms with E-state index >= 15 is 0 Å². The van der Waals surface area contributed by atoms with Gasteiger partial charge in [0, 0.05) is 5.56 Å². The highest BCUT2D eigenvalue weighted by molar-refractivity contribution is 5.71. The second-order valence-corrected chi connectivity index (χ2v) is 4.81. The summed E-state index contributed by atoms with van der Waals surface area (Å²) in [6.45, 7) is 4.06. The molecule has 2 nitrogen and oxygen atoms in total. The predicted molar refractivity (Wildman–Crippen MR) is 70.0 cm³/mol. The van der Waals surface area contributed by atoms with Crippen LogP contribution in [0.1, 0.15) is 38.7 Å². The molecular formula is C15H20O2. The summed E-state index contributed by atoms with van der Waals surface area (Å²) in [7, 11) is 0. The van der Waals surface area contributed by atoms with Gasteiger partial charge in [-0.1, -0.05) is 24.3 Å². The van der Waals surface area contributed by atoms with Crippen molar-refractivity contribution in [1.82, 2.24) is 0 Å². The Balaban J connectivity index is 2.31. The van der Waals surface area contributed by atoms with E-state index in [4.69, 9.17) is 4.74 Å². The van der Waals surface area contributed by atoms with Crippen LogP contribution in [0.3, 0.4) is 0 Å². The van der Waals surface area contributed by atoms with E-state index < -0.39 is 0 Å². The molecule has 2 heteroatoms. The van der Waals surface area contributed by atoms with E-state index in [1.807, 2.05) is 38.1 Å². The molecule has 1 aromatic carbocycles. The van der Waals surface area contributed by atoms with Crippen LogP contribution in [-0.4, -0.2) is 17.3 Å². The summed E-state index contributed by atoms with van der Waals surface area (Å²) in [6, 6.07) is 8.07. The number of rotatable bonds is 3. The van der Waals surface area contributed by atoms with Gasteiger partial charge >= 0.3 is 0 Å². The maximum absolute atomic E-state index is 9.70. The summed E-state index contributed by atoms with van der Waals surface area (Å²) in [5.74, 6) is 0.919. The first kappa shape index (κ1) is 12.2. The molecule has 2 rings (SSSR count). The van der Waals surface area contributed by atoms with Crippen LogP contribution < -0.4 is 4.74 Å². The molecule has 92 valence electrons. The average Bonchev–Trinajstić information content (AvgIpc) is 2.29. The van der Waals surface area contributed by atoms with Crippen LogP contribution in [0.25, 0.3) is 5.57 Å². The van der Waals surface area contributed by atoms with Crippen molar-refractivity contribution >= 4 is 5.57 Å². The second-order valence-electron chi connectivity index (χ2n) is 4.81. The topological polar surface area (TPSA) is 29.5 Å². The van der Waals surface area contributed by atoms with Gasteiger partial charge in [0.25, 0.3) is 0 Å². The molecule has 0 saturated carbocycles. The lowest BCUT2D eigenvalue weighted by Crippen LogP contribution is -2.11. The first-order valence-corrected chi connectivity index (χ1v) is 6.31. The smallest absolute Gasteiger partial charge is 0.127 e. The number of para-hydroxylation sites is 1. The Hall–Kier alpha value is -1.28. The number of hydrogen-bond acceptors (Lipinski definition) is 2. The van der Waals surface area contributed by atoms with Gasteiger partial charge in [-0.3, -0.25) is 0 Å². The number of hydrogen-bond donors (Lipinski definition) is 1. The number of aliphatic hydroxyl groups is 1. The fourth-order valence-electron chi connectivity index (χ4n) is 2.21. The Kier molecular flexibility index (Phi) is 3.85.